The van der Waals surface area contributed by atoms with Gasteiger partial charge in [-0.25, -0.2) is 4.79 Å². The quantitative estimate of drug-likeness (QED) is 0.569. The largest absolute Gasteiger partial charge is 0.449 e. The van der Waals surface area contributed by atoms with Crippen molar-refractivity contribution in [2.45, 2.75) is 77.5 Å². The van der Waals surface area contributed by atoms with Gasteiger partial charge in [0.1, 0.15) is 0 Å². The highest BCUT2D eigenvalue weighted by Gasteiger charge is 2.27. The lowest BCUT2D eigenvalue weighted by molar-refractivity contribution is -0.00141. The van der Waals surface area contributed by atoms with E-state index >= 15 is 0 Å². The summed E-state index contributed by atoms with van der Waals surface area (Å²) in [6.45, 7) is 11.6. The van der Waals surface area contributed by atoms with E-state index in [-0.39, 0.29) is 12.1 Å². The third-order valence-electron chi connectivity index (χ3n) is 5.81. The van der Waals surface area contributed by atoms with Crippen LogP contribution in [0.4, 0.5) is 4.79 Å². The second-order valence-corrected chi connectivity index (χ2v) is 8.52. The standard InChI is InChI=1S/C21H40N2O4/c1-17(2)16-27-21(24)22(4)19-7-9-20(10-8-19)26-13-5-6-18(3)23-11-14-25-15-12-23/h17-20H,5-16H2,1-4H3. The first-order valence-electron chi connectivity index (χ1n) is 10.8. The van der Waals surface area contributed by atoms with Crippen molar-refractivity contribution in [2.75, 3.05) is 46.6 Å². The summed E-state index contributed by atoms with van der Waals surface area (Å²) < 4.78 is 16.9. The van der Waals surface area contributed by atoms with E-state index < -0.39 is 0 Å². The van der Waals surface area contributed by atoms with Crippen LogP contribution in [-0.4, -0.2) is 80.6 Å². The monoisotopic (exact) mass is 384 g/mol. The summed E-state index contributed by atoms with van der Waals surface area (Å²) in [4.78, 5) is 16.4. The van der Waals surface area contributed by atoms with Gasteiger partial charge in [0.15, 0.2) is 0 Å². The van der Waals surface area contributed by atoms with E-state index in [1.54, 1.807) is 4.90 Å². The van der Waals surface area contributed by atoms with Crippen LogP contribution in [0.25, 0.3) is 0 Å². The first kappa shape index (κ1) is 22.4. The maximum absolute atomic E-state index is 12.1. The summed E-state index contributed by atoms with van der Waals surface area (Å²) in [5, 5.41) is 0. The number of nitrogens with zero attached hydrogens (tertiary/aromatic N) is 2. The molecule has 0 aromatic heterocycles. The van der Waals surface area contributed by atoms with Gasteiger partial charge >= 0.3 is 6.09 Å². The van der Waals surface area contributed by atoms with Crippen molar-refractivity contribution in [1.29, 1.82) is 0 Å². The molecule has 0 radical (unpaired) electrons. The zero-order valence-electron chi connectivity index (χ0n) is 17.8. The Morgan fingerprint density at radius 1 is 1.15 bits per heavy atom. The average molecular weight is 385 g/mol. The fourth-order valence-electron chi connectivity index (χ4n) is 3.92. The van der Waals surface area contributed by atoms with Gasteiger partial charge in [0, 0.05) is 38.8 Å². The van der Waals surface area contributed by atoms with Crippen molar-refractivity contribution in [2.24, 2.45) is 5.92 Å². The Morgan fingerprint density at radius 3 is 2.44 bits per heavy atom. The highest BCUT2D eigenvalue weighted by molar-refractivity contribution is 5.67. The summed E-state index contributed by atoms with van der Waals surface area (Å²) in [7, 11) is 1.86. The van der Waals surface area contributed by atoms with Crippen molar-refractivity contribution in [1.82, 2.24) is 9.80 Å². The number of amides is 1. The van der Waals surface area contributed by atoms with E-state index in [2.05, 4.69) is 25.7 Å². The van der Waals surface area contributed by atoms with Gasteiger partial charge in [-0.05, 0) is 51.4 Å². The minimum absolute atomic E-state index is 0.190. The molecule has 0 spiro atoms. The van der Waals surface area contributed by atoms with Crippen molar-refractivity contribution in [3.8, 4) is 0 Å². The van der Waals surface area contributed by atoms with Crippen LogP contribution in [-0.2, 0) is 14.2 Å². The molecule has 158 valence electrons. The maximum Gasteiger partial charge on any atom is 0.409 e. The molecule has 6 heteroatoms. The molecule has 2 fully saturated rings. The van der Waals surface area contributed by atoms with Crippen LogP contribution < -0.4 is 0 Å². The summed E-state index contributed by atoms with van der Waals surface area (Å²) in [5.41, 5.74) is 0. The van der Waals surface area contributed by atoms with Crippen LogP contribution in [0.2, 0.25) is 0 Å². The lowest BCUT2D eigenvalue weighted by atomic mass is 9.92. The van der Waals surface area contributed by atoms with Crippen LogP contribution >= 0.6 is 0 Å². The molecule has 0 bridgehead atoms. The van der Waals surface area contributed by atoms with Gasteiger partial charge in [-0.3, -0.25) is 4.90 Å². The van der Waals surface area contributed by atoms with E-state index in [4.69, 9.17) is 14.2 Å². The number of rotatable bonds is 9. The zero-order valence-corrected chi connectivity index (χ0v) is 17.8. The molecule has 27 heavy (non-hydrogen) atoms. The number of carbonyl (C=O) groups excluding carboxylic acids is 1. The Bertz CT molecular complexity index is 418. The molecule has 2 aliphatic rings. The van der Waals surface area contributed by atoms with Gasteiger partial charge < -0.3 is 19.1 Å². The van der Waals surface area contributed by atoms with Gasteiger partial charge in [-0.2, -0.15) is 0 Å². The fourth-order valence-corrected chi connectivity index (χ4v) is 3.92. The predicted molar refractivity (Wildman–Crippen MR) is 107 cm³/mol. The van der Waals surface area contributed by atoms with Crippen LogP contribution in [0, 0.1) is 5.92 Å². The Kier molecular flexibility index (Phi) is 9.87. The molecule has 1 heterocycles. The second-order valence-electron chi connectivity index (χ2n) is 8.52. The van der Waals surface area contributed by atoms with Crippen LogP contribution in [0.5, 0.6) is 0 Å². The van der Waals surface area contributed by atoms with E-state index in [1.807, 2.05) is 7.05 Å². The van der Waals surface area contributed by atoms with Crippen LogP contribution in [0.3, 0.4) is 0 Å². The number of hydrogen-bond acceptors (Lipinski definition) is 5. The Morgan fingerprint density at radius 2 is 1.81 bits per heavy atom. The summed E-state index contributed by atoms with van der Waals surface area (Å²) in [6, 6.07) is 0.893. The van der Waals surface area contributed by atoms with E-state index in [1.165, 1.54) is 6.42 Å². The second kappa shape index (κ2) is 11.9. The van der Waals surface area contributed by atoms with Crippen molar-refractivity contribution in [3.63, 3.8) is 0 Å². The molecule has 0 aromatic carbocycles. The van der Waals surface area contributed by atoms with Gasteiger partial charge in [0.25, 0.3) is 0 Å². The molecule has 1 unspecified atom stereocenters. The molecule has 0 aromatic rings. The molecule has 1 amide bonds. The van der Waals surface area contributed by atoms with E-state index in [0.29, 0.717) is 24.7 Å². The average Bonchev–Trinajstić information content (AvgIpc) is 2.69. The van der Waals surface area contributed by atoms with Crippen molar-refractivity contribution >= 4 is 6.09 Å². The smallest absolute Gasteiger partial charge is 0.409 e. The Hall–Kier alpha value is -0.850. The van der Waals surface area contributed by atoms with Crippen molar-refractivity contribution in [3.05, 3.63) is 0 Å². The first-order chi connectivity index (χ1) is 13.0. The third kappa shape index (κ3) is 7.96. The van der Waals surface area contributed by atoms with Crippen molar-refractivity contribution < 1.29 is 19.0 Å². The normalized spacial score (nSPS) is 25.4. The molecule has 0 N–H and O–H groups in total. The lowest BCUT2D eigenvalue weighted by Gasteiger charge is -2.34. The topological polar surface area (TPSA) is 51.2 Å². The van der Waals surface area contributed by atoms with Crippen LogP contribution in [0.15, 0.2) is 0 Å². The SMILES string of the molecule is CC(C)COC(=O)N(C)C1CCC(OCCCC(C)N2CCOCC2)CC1. The van der Waals surface area contributed by atoms with Gasteiger partial charge in [0.2, 0.25) is 0 Å². The molecule has 2 rings (SSSR count). The maximum atomic E-state index is 12.1. The minimum atomic E-state index is -0.190. The minimum Gasteiger partial charge on any atom is -0.449 e. The molecule has 1 atom stereocenters. The lowest BCUT2D eigenvalue weighted by Crippen LogP contribution is -2.42. The van der Waals surface area contributed by atoms with E-state index in [9.17, 15) is 4.79 Å². The Balaban J connectivity index is 1.55. The number of morpholine rings is 1. The first-order valence-corrected chi connectivity index (χ1v) is 10.8. The number of carbonyl (C=O) groups is 1. The summed E-state index contributed by atoms with van der Waals surface area (Å²) >= 11 is 0. The molecule has 1 saturated heterocycles. The zero-order chi connectivity index (χ0) is 19.6. The highest BCUT2D eigenvalue weighted by atomic mass is 16.6. The van der Waals surface area contributed by atoms with Gasteiger partial charge in [-0.15, -0.1) is 0 Å². The predicted octanol–water partition coefficient (Wildman–Crippen LogP) is 3.54. The highest BCUT2D eigenvalue weighted by Crippen LogP contribution is 2.25. The molecule has 1 aliphatic carbocycles. The number of ether oxygens (including phenoxy) is 3. The van der Waals surface area contributed by atoms with Crippen LogP contribution in [0.1, 0.15) is 59.3 Å². The molecule has 6 nitrogen and oxygen atoms in total. The van der Waals surface area contributed by atoms with Gasteiger partial charge in [0.05, 0.1) is 25.9 Å². The molecule has 1 saturated carbocycles. The summed E-state index contributed by atoms with van der Waals surface area (Å²) in [5.74, 6) is 0.373. The molecular weight excluding hydrogens is 344 g/mol. The number of hydrogen-bond donors (Lipinski definition) is 0. The Labute approximate surface area is 165 Å². The summed E-state index contributed by atoms with van der Waals surface area (Å²) in [6.07, 6.45) is 6.52. The molecular formula is C21H40N2O4. The van der Waals surface area contributed by atoms with Gasteiger partial charge in [-0.1, -0.05) is 13.8 Å². The molecule has 1 aliphatic heterocycles. The van der Waals surface area contributed by atoms with E-state index in [0.717, 1.165) is 65.0 Å². The third-order valence-corrected chi connectivity index (χ3v) is 5.81. The fraction of sp³-hybridized carbons (Fsp3) is 0.952.